The fraction of sp³-hybridized carbons (Fsp3) is 0.571. The van der Waals surface area contributed by atoms with Crippen molar-refractivity contribution >= 4 is 5.82 Å². The van der Waals surface area contributed by atoms with E-state index >= 15 is 0 Å². The minimum absolute atomic E-state index is 0.0353. The Bertz CT molecular complexity index is 451. The lowest BCUT2D eigenvalue weighted by Crippen LogP contribution is -2.52. The molecule has 0 radical (unpaired) electrons. The summed E-state index contributed by atoms with van der Waals surface area (Å²) in [5, 5.41) is 21.6. The summed E-state index contributed by atoms with van der Waals surface area (Å²) < 4.78 is 10.8. The third-order valence-corrected chi connectivity index (χ3v) is 2.41. The average Bonchev–Trinajstić information content (AvgIpc) is 2.79. The number of imidazole rings is 1. The SMILES string of the molecule is O=[N+]([O-])c1cn(C2([N+](=O)[O-])COCOC2)cn1. The van der Waals surface area contributed by atoms with Gasteiger partial charge in [-0.1, -0.05) is 0 Å². The largest absolute Gasteiger partial charge is 0.381 e. The van der Waals surface area contributed by atoms with Crippen molar-refractivity contribution in [2.75, 3.05) is 20.0 Å². The van der Waals surface area contributed by atoms with Crippen molar-refractivity contribution in [2.45, 2.75) is 5.66 Å². The zero-order chi connectivity index (χ0) is 12.5. The van der Waals surface area contributed by atoms with Crippen LogP contribution < -0.4 is 0 Å². The maximum absolute atomic E-state index is 11.1. The number of nitro groups is 2. The molecule has 0 spiro atoms. The maximum atomic E-state index is 11.1. The molecule has 10 heteroatoms. The van der Waals surface area contributed by atoms with Crippen molar-refractivity contribution < 1.29 is 19.3 Å². The molecule has 1 aromatic rings. The van der Waals surface area contributed by atoms with E-state index in [-0.39, 0.29) is 20.0 Å². The molecule has 0 saturated carbocycles. The summed E-state index contributed by atoms with van der Waals surface area (Å²) in [4.78, 5) is 23.7. The zero-order valence-electron chi connectivity index (χ0n) is 8.51. The molecule has 2 rings (SSSR count). The predicted molar refractivity (Wildman–Crippen MR) is 50.6 cm³/mol. The van der Waals surface area contributed by atoms with E-state index in [2.05, 4.69) is 4.98 Å². The summed E-state index contributed by atoms with van der Waals surface area (Å²) in [7, 11) is 0. The molecule has 0 atom stereocenters. The Balaban J connectivity index is 2.38. The van der Waals surface area contributed by atoms with Crippen LogP contribution in [0.1, 0.15) is 0 Å². The molecule has 0 bridgehead atoms. The van der Waals surface area contributed by atoms with Gasteiger partial charge in [-0.2, -0.15) is 0 Å². The second-order valence-electron chi connectivity index (χ2n) is 3.45. The lowest BCUT2D eigenvalue weighted by atomic mass is 10.2. The van der Waals surface area contributed by atoms with Crippen LogP contribution in [0.5, 0.6) is 0 Å². The van der Waals surface area contributed by atoms with Crippen molar-refractivity contribution in [3.63, 3.8) is 0 Å². The summed E-state index contributed by atoms with van der Waals surface area (Å²) in [5.74, 6) is -0.461. The van der Waals surface area contributed by atoms with Crippen LogP contribution >= 0.6 is 0 Å². The van der Waals surface area contributed by atoms with Crippen LogP contribution in [0.3, 0.4) is 0 Å². The summed E-state index contributed by atoms with van der Waals surface area (Å²) in [6.07, 6.45) is 2.01. The molecule has 1 fully saturated rings. The minimum atomic E-state index is -1.69. The third kappa shape index (κ3) is 1.83. The van der Waals surface area contributed by atoms with Crippen LogP contribution in [-0.4, -0.2) is 39.4 Å². The first kappa shape index (κ1) is 11.4. The fourth-order valence-electron chi connectivity index (χ4n) is 1.49. The van der Waals surface area contributed by atoms with E-state index in [0.29, 0.717) is 0 Å². The highest BCUT2D eigenvalue weighted by Gasteiger charge is 2.49. The van der Waals surface area contributed by atoms with E-state index in [0.717, 1.165) is 17.1 Å². The minimum Gasteiger partial charge on any atom is -0.358 e. The van der Waals surface area contributed by atoms with Gasteiger partial charge in [0.15, 0.2) is 0 Å². The second-order valence-corrected chi connectivity index (χ2v) is 3.45. The highest BCUT2D eigenvalue weighted by molar-refractivity contribution is 5.13. The van der Waals surface area contributed by atoms with Crippen LogP contribution in [-0.2, 0) is 15.1 Å². The molecule has 10 nitrogen and oxygen atoms in total. The lowest BCUT2D eigenvalue weighted by molar-refractivity contribution is -0.619. The molecule has 0 N–H and O–H groups in total. The van der Waals surface area contributed by atoms with Crippen LogP contribution in [0, 0.1) is 20.2 Å². The summed E-state index contributed by atoms with van der Waals surface area (Å²) in [6, 6.07) is 0. The van der Waals surface area contributed by atoms with Crippen molar-refractivity contribution in [1.82, 2.24) is 9.55 Å². The number of rotatable bonds is 3. The van der Waals surface area contributed by atoms with Gasteiger partial charge < -0.3 is 19.6 Å². The number of aromatic nitrogens is 2. The number of hydrogen-bond acceptors (Lipinski definition) is 7. The highest BCUT2D eigenvalue weighted by atomic mass is 16.7. The molecular weight excluding hydrogens is 236 g/mol. The van der Waals surface area contributed by atoms with Gasteiger partial charge in [0.1, 0.15) is 26.2 Å². The molecule has 0 amide bonds. The fourth-order valence-corrected chi connectivity index (χ4v) is 1.49. The third-order valence-electron chi connectivity index (χ3n) is 2.41. The number of hydrogen-bond donors (Lipinski definition) is 0. The van der Waals surface area contributed by atoms with Gasteiger partial charge in [0.25, 0.3) is 0 Å². The van der Waals surface area contributed by atoms with E-state index in [1.165, 1.54) is 0 Å². The molecule has 1 aromatic heterocycles. The quantitative estimate of drug-likeness (QED) is 0.529. The predicted octanol–water partition coefficient (Wildman–Crippen LogP) is -0.275. The van der Waals surface area contributed by atoms with Crippen molar-refractivity contribution in [2.24, 2.45) is 0 Å². The summed E-state index contributed by atoms with van der Waals surface area (Å²) >= 11 is 0. The van der Waals surface area contributed by atoms with Gasteiger partial charge >= 0.3 is 11.5 Å². The van der Waals surface area contributed by atoms with E-state index in [1.807, 2.05) is 0 Å². The molecular formula is C7H8N4O6. The van der Waals surface area contributed by atoms with Crippen LogP contribution in [0.4, 0.5) is 5.82 Å². The maximum Gasteiger partial charge on any atom is 0.381 e. The van der Waals surface area contributed by atoms with Crippen LogP contribution in [0.25, 0.3) is 0 Å². The van der Waals surface area contributed by atoms with Gasteiger partial charge in [-0.05, 0) is 9.91 Å². The van der Waals surface area contributed by atoms with Crippen LogP contribution in [0.15, 0.2) is 12.5 Å². The smallest absolute Gasteiger partial charge is 0.358 e. The molecule has 0 aliphatic carbocycles. The summed E-state index contributed by atoms with van der Waals surface area (Å²) in [6.45, 7) is -0.493. The Labute approximate surface area is 94.1 Å². The second kappa shape index (κ2) is 4.07. The first-order valence-electron chi connectivity index (χ1n) is 4.55. The Hall–Kier alpha value is -2.07. The van der Waals surface area contributed by atoms with Crippen molar-refractivity contribution in [1.29, 1.82) is 0 Å². The normalized spacial score (nSPS) is 18.8. The first-order chi connectivity index (χ1) is 8.06. The van der Waals surface area contributed by atoms with E-state index in [1.54, 1.807) is 0 Å². The van der Waals surface area contributed by atoms with E-state index in [9.17, 15) is 20.2 Å². The molecule has 2 heterocycles. The van der Waals surface area contributed by atoms with E-state index in [4.69, 9.17) is 9.47 Å². The standard InChI is InChI=1S/C7H8N4O6/c12-10(13)6-1-9(4-8-6)7(11(14)15)2-16-5-17-3-7/h1,4H,2-3,5H2. The summed E-state index contributed by atoms with van der Waals surface area (Å²) in [5.41, 5.74) is -1.69. The molecule has 0 unspecified atom stereocenters. The molecule has 0 aromatic carbocycles. The highest BCUT2D eigenvalue weighted by Crippen LogP contribution is 2.24. The Morgan fingerprint density at radius 2 is 2.00 bits per heavy atom. The molecule has 17 heavy (non-hydrogen) atoms. The van der Waals surface area contributed by atoms with Gasteiger partial charge in [-0.15, -0.1) is 0 Å². The molecule has 92 valence electrons. The monoisotopic (exact) mass is 244 g/mol. The zero-order valence-corrected chi connectivity index (χ0v) is 8.51. The lowest BCUT2D eigenvalue weighted by Gasteiger charge is -2.28. The van der Waals surface area contributed by atoms with E-state index < -0.39 is 21.3 Å². The topological polar surface area (TPSA) is 123 Å². The molecule has 1 saturated heterocycles. The van der Waals surface area contributed by atoms with Gasteiger partial charge in [0, 0.05) is 0 Å². The molecule has 1 aliphatic heterocycles. The number of nitrogens with zero attached hydrogens (tertiary/aromatic N) is 4. The van der Waals surface area contributed by atoms with Crippen molar-refractivity contribution in [3.05, 3.63) is 32.8 Å². The van der Waals surface area contributed by atoms with Gasteiger partial charge in [0.2, 0.25) is 6.33 Å². The Kier molecular flexibility index (Phi) is 2.73. The van der Waals surface area contributed by atoms with Crippen molar-refractivity contribution in [3.8, 4) is 0 Å². The Morgan fingerprint density at radius 3 is 2.47 bits per heavy atom. The Morgan fingerprint density at radius 1 is 1.35 bits per heavy atom. The van der Waals surface area contributed by atoms with Gasteiger partial charge in [-0.25, -0.2) is 4.57 Å². The average molecular weight is 244 g/mol. The van der Waals surface area contributed by atoms with Crippen LogP contribution in [0.2, 0.25) is 0 Å². The first-order valence-corrected chi connectivity index (χ1v) is 4.55. The van der Waals surface area contributed by atoms with Gasteiger partial charge in [-0.3, -0.25) is 10.1 Å². The van der Waals surface area contributed by atoms with Gasteiger partial charge in [0.05, 0.1) is 4.92 Å². The number of ether oxygens (including phenoxy) is 2. The molecule has 1 aliphatic rings.